The molecule has 0 saturated heterocycles. The third-order valence-electron chi connectivity index (χ3n) is 3.85. The fourth-order valence-corrected chi connectivity index (χ4v) is 2.88. The monoisotopic (exact) mass is 261 g/mol. The van der Waals surface area contributed by atoms with Gasteiger partial charge in [-0.15, -0.1) is 0 Å². The molecule has 1 aromatic rings. The van der Waals surface area contributed by atoms with Gasteiger partial charge in [-0.1, -0.05) is 31.4 Å². The minimum absolute atomic E-state index is 0.146. The van der Waals surface area contributed by atoms with Crippen molar-refractivity contribution in [1.29, 1.82) is 0 Å². The van der Waals surface area contributed by atoms with E-state index in [2.05, 4.69) is 32.9 Å². The molecule has 0 bridgehead atoms. The molecule has 2 heteroatoms. The fourth-order valence-electron chi connectivity index (χ4n) is 2.88. The molecule has 2 N–H and O–H groups in total. The Morgan fingerprint density at radius 1 is 1.05 bits per heavy atom. The zero-order valence-electron chi connectivity index (χ0n) is 12.5. The quantitative estimate of drug-likeness (QED) is 0.872. The summed E-state index contributed by atoms with van der Waals surface area (Å²) >= 11 is 0. The van der Waals surface area contributed by atoms with Gasteiger partial charge >= 0.3 is 0 Å². The molecule has 19 heavy (non-hydrogen) atoms. The molecule has 1 fully saturated rings. The van der Waals surface area contributed by atoms with Crippen LogP contribution in [0, 0.1) is 5.92 Å². The van der Waals surface area contributed by atoms with Gasteiger partial charge in [-0.05, 0) is 57.2 Å². The van der Waals surface area contributed by atoms with Crippen molar-refractivity contribution in [2.45, 2.75) is 64.5 Å². The fraction of sp³-hybridized carbons (Fsp3) is 0.647. The normalized spacial score (nSPS) is 19.2. The van der Waals surface area contributed by atoms with Crippen LogP contribution in [-0.4, -0.2) is 5.60 Å². The van der Waals surface area contributed by atoms with E-state index in [9.17, 15) is 0 Å². The van der Waals surface area contributed by atoms with Crippen LogP contribution in [0.3, 0.4) is 0 Å². The van der Waals surface area contributed by atoms with Crippen molar-refractivity contribution in [3.8, 4) is 5.75 Å². The SMILES string of the molecule is CC(C)(C)Oc1ccc([C@@H](N)C2CCCCC2)cc1. The van der Waals surface area contributed by atoms with Crippen LogP contribution in [0.15, 0.2) is 24.3 Å². The topological polar surface area (TPSA) is 35.2 Å². The molecule has 0 aliphatic heterocycles. The minimum atomic E-state index is -0.146. The van der Waals surface area contributed by atoms with Crippen LogP contribution in [0.5, 0.6) is 5.75 Å². The first-order valence-corrected chi connectivity index (χ1v) is 7.50. The molecule has 2 nitrogen and oxygen atoms in total. The first kappa shape index (κ1) is 14.4. The highest BCUT2D eigenvalue weighted by Gasteiger charge is 2.22. The summed E-state index contributed by atoms with van der Waals surface area (Å²) in [5.41, 5.74) is 7.50. The molecule has 0 radical (unpaired) electrons. The van der Waals surface area contributed by atoms with Crippen molar-refractivity contribution >= 4 is 0 Å². The molecule has 1 atom stereocenters. The first-order valence-electron chi connectivity index (χ1n) is 7.50. The van der Waals surface area contributed by atoms with Gasteiger partial charge in [-0.3, -0.25) is 0 Å². The highest BCUT2D eigenvalue weighted by atomic mass is 16.5. The maximum Gasteiger partial charge on any atom is 0.120 e. The summed E-state index contributed by atoms with van der Waals surface area (Å²) in [6.45, 7) is 6.19. The van der Waals surface area contributed by atoms with Crippen LogP contribution in [0.25, 0.3) is 0 Å². The average molecular weight is 261 g/mol. The van der Waals surface area contributed by atoms with Gasteiger partial charge in [0.2, 0.25) is 0 Å². The second-order valence-electron chi connectivity index (χ2n) is 6.71. The molecular formula is C17H27NO. The van der Waals surface area contributed by atoms with E-state index in [-0.39, 0.29) is 11.6 Å². The smallest absolute Gasteiger partial charge is 0.120 e. The Hall–Kier alpha value is -1.02. The van der Waals surface area contributed by atoms with E-state index >= 15 is 0 Å². The molecule has 0 unspecified atom stereocenters. The molecule has 2 rings (SSSR count). The van der Waals surface area contributed by atoms with Crippen molar-refractivity contribution in [1.82, 2.24) is 0 Å². The third-order valence-corrected chi connectivity index (χ3v) is 3.85. The summed E-state index contributed by atoms with van der Waals surface area (Å²) in [6, 6.07) is 8.52. The summed E-state index contributed by atoms with van der Waals surface area (Å²) in [5.74, 6) is 1.58. The molecule has 1 aromatic carbocycles. The van der Waals surface area contributed by atoms with Crippen LogP contribution in [0.1, 0.15) is 64.5 Å². The number of hydrogen-bond donors (Lipinski definition) is 1. The molecule has 1 saturated carbocycles. The Morgan fingerprint density at radius 3 is 2.16 bits per heavy atom. The molecule has 106 valence electrons. The van der Waals surface area contributed by atoms with Gasteiger partial charge in [0.15, 0.2) is 0 Å². The Kier molecular flexibility index (Phi) is 4.51. The molecular weight excluding hydrogens is 234 g/mol. The second-order valence-corrected chi connectivity index (χ2v) is 6.71. The highest BCUT2D eigenvalue weighted by molar-refractivity contribution is 5.29. The number of nitrogens with two attached hydrogens (primary N) is 1. The summed E-state index contributed by atoms with van der Waals surface area (Å²) < 4.78 is 5.84. The predicted molar refractivity (Wildman–Crippen MR) is 80.3 cm³/mol. The maximum atomic E-state index is 6.41. The van der Waals surface area contributed by atoms with E-state index in [4.69, 9.17) is 10.5 Å². The van der Waals surface area contributed by atoms with Crippen LogP contribution >= 0.6 is 0 Å². The molecule has 0 aromatic heterocycles. The number of hydrogen-bond acceptors (Lipinski definition) is 2. The standard InChI is InChI=1S/C17H27NO/c1-17(2,3)19-15-11-9-14(10-12-15)16(18)13-7-5-4-6-8-13/h9-13,16H,4-8,18H2,1-3H3/t16-/m0/s1. The van der Waals surface area contributed by atoms with E-state index in [1.54, 1.807) is 0 Å². The van der Waals surface area contributed by atoms with Gasteiger partial charge in [-0.2, -0.15) is 0 Å². The zero-order valence-corrected chi connectivity index (χ0v) is 12.5. The van der Waals surface area contributed by atoms with Crippen LogP contribution in [0.4, 0.5) is 0 Å². The number of rotatable bonds is 3. The Morgan fingerprint density at radius 2 is 1.63 bits per heavy atom. The van der Waals surface area contributed by atoms with Gasteiger partial charge < -0.3 is 10.5 Å². The maximum absolute atomic E-state index is 6.41. The van der Waals surface area contributed by atoms with E-state index < -0.39 is 0 Å². The Labute approximate surface area is 117 Å². The van der Waals surface area contributed by atoms with Gasteiger partial charge in [0.05, 0.1) is 0 Å². The van der Waals surface area contributed by atoms with Crippen molar-refractivity contribution in [3.63, 3.8) is 0 Å². The zero-order chi connectivity index (χ0) is 13.9. The summed E-state index contributed by atoms with van der Waals surface area (Å²) in [4.78, 5) is 0. The lowest BCUT2D eigenvalue weighted by molar-refractivity contribution is 0.131. The van der Waals surface area contributed by atoms with Gasteiger partial charge in [0.1, 0.15) is 11.4 Å². The van der Waals surface area contributed by atoms with Gasteiger partial charge in [-0.25, -0.2) is 0 Å². The second kappa shape index (κ2) is 5.96. The van der Waals surface area contributed by atoms with Crippen molar-refractivity contribution in [2.24, 2.45) is 11.7 Å². The van der Waals surface area contributed by atoms with Crippen LogP contribution in [0.2, 0.25) is 0 Å². The number of ether oxygens (including phenoxy) is 1. The van der Waals surface area contributed by atoms with E-state index in [0.717, 1.165) is 5.75 Å². The van der Waals surface area contributed by atoms with Gasteiger partial charge in [0.25, 0.3) is 0 Å². The summed E-state index contributed by atoms with van der Waals surface area (Å²) in [6.07, 6.45) is 6.61. The van der Waals surface area contributed by atoms with E-state index in [0.29, 0.717) is 5.92 Å². The van der Waals surface area contributed by atoms with Gasteiger partial charge in [0, 0.05) is 6.04 Å². The molecule has 1 aliphatic carbocycles. The third kappa shape index (κ3) is 4.24. The average Bonchev–Trinajstić information content (AvgIpc) is 2.38. The van der Waals surface area contributed by atoms with E-state index in [1.807, 2.05) is 12.1 Å². The highest BCUT2D eigenvalue weighted by Crippen LogP contribution is 2.33. The lowest BCUT2D eigenvalue weighted by Gasteiger charge is -2.28. The lowest BCUT2D eigenvalue weighted by Crippen LogP contribution is -2.24. The predicted octanol–water partition coefficient (Wildman–Crippen LogP) is 4.44. The summed E-state index contributed by atoms with van der Waals surface area (Å²) in [7, 11) is 0. The minimum Gasteiger partial charge on any atom is -0.488 e. The molecule has 1 aliphatic rings. The van der Waals surface area contributed by atoms with E-state index in [1.165, 1.54) is 37.7 Å². The Bertz CT molecular complexity index is 385. The van der Waals surface area contributed by atoms with Crippen molar-refractivity contribution in [2.75, 3.05) is 0 Å². The number of benzene rings is 1. The van der Waals surface area contributed by atoms with Crippen molar-refractivity contribution in [3.05, 3.63) is 29.8 Å². The van der Waals surface area contributed by atoms with Crippen molar-refractivity contribution < 1.29 is 4.74 Å². The molecule has 0 spiro atoms. The van der Waals surface area contributed by atoms with Crippen LogP contribution < -0.4 is 10.5 Å². The first-order chi connectivity index (χ1) is 8.96. The Balaban J connectivity index is 2.01. The summed E-state index contributed by atoms with van der Waals surface area (Å²) in [5, 5.41) is 0. The molecule has 0 heterocycles. The molecule has 0 amide bonds. The van der Waals surface area contributed by atoms with Crippen LogP contribution in [-0.2, 0) is 0 Å². The largest absolute Gasteiger partial charge is 0.488 e. The lowest BCUT2D eigenvalue weighted by atomic mass is 9.81.